The van der Waals surface area contributed by atoms with Gasteiger partial charge in [-0.1, -0.05) is 0 Å². The first-order valence-corrected chi connectivity index (χ1v) is 7.59. The van der Waals surface area contributed by atoms with Gasteiger partial charge >= 0.3 is 5.97 Å². The fourth-order valence-corrected chi connectivity index (χ4v) is 2.54. The monoisotopic (exact) mass is 332 g/mol. The third kappa shape index (κ3) is 3.92. The number of nitrogens with one attached hydrogen (secondary N) is 2. The Hall–Kier alpha value is -2.83. The van der Waals surface area contributed by atoms with Crippen LogP contribution in [0.4, 0.5) is 5.69 Å². The van der Waals surface area contributed by atoms with Crippen LogP contribution >= 0.6 is 0 Å². The molecule has 128 valence electrons. The Morgan fingerprint density at radius 1 is 1.29 bits per heavy atom. The lowest BCUT2D eigenvalue weighted by molar-refractivity contribution is -0.139. The maximum Gasteiger partial charge on any atom is 0.336 e. The Morgan fingerprint density at radius 2 is 1.96 bits per heavy atom. The summed E-state index contributed by atoms with van der Waals surface area (Å²) < 4.78 is 10.1. The molecule has 0 saturated carbocycles. The van der Waals surface area contributed by atoms with E-state index in [-0.39, 0.29) is 17.9 Å². The van der Waals surface area contributed by atoms with Gasteiger partial charge in [0, 0.05) is 17.8 Å². The molecule has 0 unspecified atom stereocenters. The van der Waals surface area contributed by atoms with Gasteiger partial charge in [0.1, 0.15) is 5.75 Å². The molecule has 1 aliphatic rings. The van der Waals surface area contributed by atoms with E-state index in [1.54, 1.807) is 31.2 Å². The third-order valence-corrected chi connectivity index (χ3v) is 3.62. The molecule has 1 aromatic carbocycles. The number of hydrogen-bond acceptors (Lipinski definition) is 5. The molecule has 1 aromatic rings. The number of benzene rings is 1. The minimum atomic E-state index is -0.891. The van der Waals surface area contributed by atoms with Gasteiger partial charge in [-0.2, -0.15) is 0 Å². The van der Waals surface area contributed by atoms with Gasteiger partial charge in [-0.25, -0.2) is 4.79 Å². The molecule has 7 nitrogen and oxygen atoms in total. The highest BCUT2D eigenvalue weighted by molar-refractivity contribution is 6.06. The number of allylic oxidation sites excluding steroid dienone is 1. The molecule has 1 atom stereocenters. The van der Waals surface area contributed by atoms with E-state index in [9.17, 15) is 14.4 Å². The lowest BCUT2D eigenvalue weighted by atomic mass is 9.89. The number of carbonyl (C=O) groups is 3. The van der Waals surface area contributed by atoms with Crippen molar-refractivity contribution in [3.8, 4) is 5.75 Å². The van der Waals surface area contributed by atoms with E-state index < -0.39 is 17.8 Å². The molecule has 0 aliphatic carbocycles. The summed E-state index contributed by atoms with van der Waals surface area (Å²) in [5.74, 6) is -1.57. The number of amides is 2. The Kier molecular flexibility index (Phi) is 5.57. The van der Waals surface area contributed by atoms with Crippen molar-refractivity contribution < 1.29 is 23.9 Å². The van der Waals surface area contributed by atoms with Crippen molar-refractivity contribution in [3.63, 3.8) is 0 Å². The van der Waals surface area contributed by atoms with E-state index in [4.69, 9.17) is 9.47 Å². The van der Waals surface area contributed by atoms with Crippen LogP contribution in [0.3, 0.4) is 0 Å². The zero-order valence-electron chi connectivity index (χ0n) is 13.8. The molecule has 0 spiro atoms. The van der Waals surface area contributed by atoms with Crippen molar-refractivity contribution in [2.24, 2.45) is 5.92 Å². The Labute approximate surface area is 140 Å². The highest BCUT2D eigenvalue weighted by Crippen LogP contribution is 2.26. The Morgan fingerprint density at radius 3 is 2.54 bits per heavy atom. The molecule has 0 fully saturated rings. The quantitative estimate of drug-likeness (QED) is 0.799. The predicted octanol–water partition coefficient (Wildman–Crippen LogP) is 1.61. The molecule has 2 N–H and O–H groups in total. The van der Waals surface area contributed by atoms with Gasteiger partial charge in [0.2, 0.25) is 11.8 Å². The number of hydrogen-bond donors (Lipinski definition) is 2. The van der Waals surface area contributed by atoms with Crippen LogP contribution < -0.4 is 15.4 Å². The second-order valence-corrected chi connectivity index (χ2v) is 5.28. The first kappa shape index (κ1) is 17.5. The molecule has 0 bridgehead atoms. The zero-order valence-corrected chi connectivity index (χ0v) is 13.8. The van der Waals surface area contributed by atoms with Crippen LogP contribution in [0.5, 0.6) is 5.75 Å². The second-order valence-electron chi connectivity index (χ2n) is 5.28. The summed E-state index contributed by atoms with van der Waals surface area (Å²) in [6, 6.07) is 6.85. The Bertz CT molecular complexity index is 679. The van der Waals surface area contributed by atoms with Crippen molar-refractivity contribution in [1.29, 1.82) is 0 Å². The molecule has 0 aromatic heterocycles. The average molecular weight is 332 g/mol. The fraction of sp³-hybridized carbons (Fsp3) is 0.353. The predicted molar refractivity (Wildman–Crippen MR) is 87.2 cm³/mol. The van der Waals surface area contributed by atoms with Crippen LogP contribution in [-0.2, 0) is 19.1 Å². The van der Waals surface area contributed by atoms with Crippen LogP contribution in [0.1, 0.15) is 20.3 Å². The van der Waals surface area contributed by atoms with Crippen molar-refractivity contribution in [3.05, 3.63) is 35.5 Å². The molecular weight excluding hydrogens is 312 g/mol. The van der Waals surface area contributed by atoms with Gasteiger partial charge in [0.05, 0.1) is 25.2 Å². The van der Waals surface area contributed by atoms with Gasteiger partial charge in [-0.15, -0.1) is 0 Å². The van der Waals surface area contributed by atoms with Crippen LogP contribution in [0.2, 0.25) is 0 Å². The van der Waals surface area contributed by atoms with Crippen LogP contribution in [0, 0.1) is 5.92 Å². The van der Waals surface area contributed by atoms with Crippen molar-refractivity contribution >= 4 is 23.5 Å². The largest absolute Gasteiger partial charge is 0.494 e. The highest BCUT2D eigenvalue weighted by Gasteiger charge is 2.36. The number of carbonyl (C=O) groups excluding carboxylic acids is 3. The number of methoxy groups -OCH3 is 1. The van der Waals surface area contributed by atoms with Gasteiger partial charge in [-0.3, -0.25) is 9.59 Å². The fourth-order valence-electron chi connectivity index (χ4n) is 2.54. The van der Waals surface area contributed by atoms with Crippen LogP contribution in [-0.4, -0.2) is 31.5 Å². The maximum atomic E-state index is 12.5. The van der Waals surface area contributed by atoms with E-state index in [0.717, 1.165) is 0 Å². The van der Waals surface area contributed by atoms with Gasteiger partial charge in [0.25, 0.3) is 0 Å². The normalized spacial score (nSPS) is 17.1. The summed E-state index contributed by atoms with van der Waals surface area (Å²) in [5, 5.41) is 5.27. The summed E-state index contributed by atoms with van der Waals surface area (Å²) in [4.78, 5) is 36.2. The zero-order chi connectivity index (χ0) is 17.7. The number of esters is 1. The molecule has 0 saturated heterocycles. The smallest absolute Gasteiger partial charge is 0.336 e. The summed E-state index contributed by atoms with van der Waals surface area (Å²) in [5.41, 5.74) is 1.06. The minimum absolute atomic E-state index is 0.107. The van der Waals surface area contributed by atoms with Gasteiger partial charge < -0.3 is 20.1 Å². The van der Waals surface area contributed by atoms with Crippen molar-refractivity contribution in [2.45, 2.75) is 20.3 Å². The van der Waals surface area contributed by atoms with E-state index in [1.165, 1.54) is 7.11 Å². The summed E-state index contributed by atoms with van der Waals surface area (Å²) in [7, 11) is 1.24. The average Bonchev–Trinajstić information content (AvgIpc) is 2.55. The SMILES string of the molecule is CCOc1ccc(NC(=O)[C@H]2CC(=O)NC(C)=C2C(=O)OC)cc1. The molecule has 2 amide bonds. The number of ether oxygens (including phenoxy) is 2. The highest BCUT2D eigenvalue weighted by atomic mass is 16.5. The van der Waals surface area contributed by atoms with E-state index >= 15 is 0 Å². The Balaban J connectivity index is 2.18. The molecule has 24 heavy (non-hydrogen) atoms. The van der Waals surface area contributed by atoms with Crippen LogP contribution in [0.25, 0.3) is 0 Å². The molecular formula is C17H20N2O5. The summed E-state index contributed by atoms with van der Waals surface area (Å²) in [6.07, 6.45) is -0.107. The molecule has 1 heterocycles. The number of anilines is 1. The maximum absolute atomic E-state index is 12.5. The summed E-state index contributed by atoms with van der Waals surface area (Å²) >= 11 is 0. The third-order valence-electron chi connectivity index (χ3n) is 3.62. The first-order chi connectivity index (χ1) is 11.5. The van der Waals surface area contributed by atoms with Gasteiger partial charge in [0.15, 0.2) is 0 Å². The van der Waals surface area contributed by atoms with Crippen molar-refractivity contribution in [2.75, 3.05) is 19.0 Å². The van der Waals surface area contributed by atoms with E-state index in [2.05, 4.69) is 10.6 Å². The van der Waals surface area contributed by atoms with Crippen LogP contribution in [0.15, 0.2) is 35.5 Å². The molecule has 2 rings (SSSR count). The topological polar surface area (TPSA) is 93.7 Å². The minimum Gasteiger partial charge on any atom is -0.494 e. The van der Waals surface area contributed by atoms with Crippen molar-refractivity contribution in [1.82, 2.24) is 5.32 Å². The molecule has 7 heteroatoms. The molecule has 1 aliphatic heterocycles. The standard InChI is InChI=1S/C17H20N2O5/c1-4-24-12-7-5-11(6-8-12)19-16(21)13-9-14(20)18-10(2)15(13)17(22)23-3/h5-8,13H,4,9H2,1-3H3,(H,18,20)(H,19,21)/t13-/m0/s1. The summed E-state index contributed by atoms with van der Waals surface area (Å²) in [6.45, 7) is 4.00. The lowest BCUT2D eigenvalue weighted by Gasteiger charge is -2.25. The lowest BCUT2D eigenvalue weighted by Crippen LogP contribution is -2.40. The number of rotatable bonds is 5. The van der Waals surface area contributed by atoms with E-state index in [1.807, 2.05) is 6.92 Å². The molecule has 0 radical (unpaired) electrons. The first-order valence-electron chi connectivity index (χ1n) is 7.59. The second kappa shape index (κ2) is 7.63. The van der Waals surface area contributed by atoms with E-state index in [0.29, 0.717) is 23.7 Å². The van der Waals surface area contributed by atoms with Gasteiger partial charge in [-0.05, 0) is 38.1 Å².